The smallest absolute Gasteiger partial charge is 0.366 e. The number of nitrogens with one attached hydrogen (secondary N) is 2. The predicted molar refractivity (Wildman–Crippen MR) is 126 cm³/mol. The number of aromatic amines is 1. The van der Waals surface area contributed by atoms with Gasteiger partial charge in [-0.05, 0) is 56.0 Å². The number of rotatable bonds is 4. The van der Waals surface area contributed by atoms with E-state index in [1.54, 1.807) is 0 Å². The summed E-state index contributed by atoms with van der Waals surface area (Å²) in [4.78, 5) is 28.9. The molecule has 1 amide bonds. The van der Waals surface area contributed by atoms with Crippen LogP contribution in [0.15, 0.2) is 52.3 Å². The van der Waals surface area contributed by atoms with Gasteiger partial charge >= 0.3 is 11.7 Å². The molecule has 5 rings (SSSR count). The van der Waals surface area contributed by atoms with Crippen molar-refractivity contribution >= 4 is 38.0 Å². The molecule has 7 nitrogen and oxygen atoms in total. The number of pyridine rings is 1. The van der Waals surface area contributed by atoms with E-state index >= 15 is 0 Å². The summed E-state index contributed by atoms with van der Waals surface area (Å²) >= 11 is 0. The molecule has 14 heteroatoms. The Hall–Kier alpha value is -3.55. The molecule has 38 heavy (non-hydrogen) atoms. The highest BCUT2D eigenvalue weighted by Gasteiger charge is 2.49. The van der Waals surface area contributed by atoms with Gasteiger partial charge in [0.2, 0.25) is 5.43 Å². The van der Waals surface area contributed by atoms with Crippen LogP contribution in [0.1, 0.15) is 41.6 Å². The first-order chi connectivity index (χ1) is 17.7. The molecule has 0 atom stereocenters. The minimum absolute atomic E-state index is 0.0564. The Labute approximate surface area is 211 Å². The summed E-state index contributed by atoms with van der Waals surface area (Å²) in [5.41, 5.74) is -9.90. The zero-order chi connectivity index (χ0) is 27.6. The molecule has 2 bridgehead atoms. The second-order valence-electron chi connectivity index (χ2n) is 9.21. The van der Waals surface area contributed by atoms with E-state index in [0.29, 0.717) is 6.07 Å². The molecule has 0 aliphatic carbocycles. The van der Waals surface area contributed by atoms with Gasteiger partial charge in [-0.25, -0.2) is 8.42 Å². The molecule has 0 spiro atoms. The molecule has 0 unspecified atom stereocenters. The molecule has 2 N–H and O–H groups in total. The van der Waals surface area contributed by atoms with Gasteiger partial charge in [0.1, 0.15) is 10.5 Å². The fraction of sp³-hybridized carbons (Fsp3) is 0.333. The van der Waals surface area contributed by atoms with Crippen LogP contribution in [0.4, 0.5) is 37.7 Å². The van der Waals surface area contributed by atoms with Gasteiger partial charge in [0.15, 0.2) is 0 Å². The Morgan fingerprint density at radius 1 is 0.974 bits per heavy atom. The number of sulfone groups is 1. The number of hydrogen-bond donors (Lipinski definition) is 2. The van der Waals surface area contributed by atoms with Crippen molar-refractivity contribution in [3.8, 4) is 0 Å². The van der Waals surface area contributed by atoms with Gasteiger partial charge < -0.3 is 15.2 Å². The van der Waals surface area contributed by atoms with E-state index in [0.717, 1.165) is 50.1 Å². The number of amides is 1. The van der Waals surface area contributed by atoms with Gasteiger partial charge in [0.05, 0.1) is 16.6 Å². The first kappa shape index (κ1) is 26.1. The van der Waals surface area contributed by atoms with Crippen LogP contribution >= 0.6 is 0 Å². The third-order valence-corrected chi connectivity index (χ3v) is 8.54. The number of hydrogen-bond acceptors (Lipinski definition) is 5. The number of benzene rings is 2. The molecule has 0 radical (unpaired) electrons. The molecule has 2 fully saturated rings. The van der Waals surface area contributed by atoms with Crippen LogP contribution in [0.5, 0.6) is 0 Å². The van der Waals surface area contributed by atoms with Crippen LogP contribution in [0, 0.1) is 0 Å². The predicted octanol–water partition coefficient (Wildman–Crippen LogP) is 5.22. The highest BCUT2D eigenvalue weighted by atomic mass is 32.2. The van der Waals surface area contributed by atoms with E-state index in [2.05, 4.69) is 4.98 Å². The highest BCUT2D eigenvalue weighted by Crippen LogP contribution is 2.44. The zero-order valence-electron chi connectivity index (χ0n) is 19.3. The topological polar surface area (TPSA) is 99.3 Å². The van der Waals surface area contributed by atoms with Crippen molar-refractivity contribution in [3.05, 3.63) is 63.9 Å². The average Bonchev–Trinajstić information content (AvgIpc) is 3.43. The second-order valence-corrected chi connectivity index (χ2v) is 11.1. The van der Waals surface area contributed by atoms with Gasteiger partial charge in [0, 0.05) is 29.5 Å². The SMILES string of the molecule is O=C(Nc1ccc(N2C3CCC2CC3)cc1S(=O)(=O)C(F)(F)F)c1c[nH]c2cccc(C(F)(F)F)c2c1=O. The molecule has 2 saturated heterocycles. The minimum atomic E-state index is -5.95. The largest absolute Gasteiger partial charge is 0.501 e. The zero-order valence-corrected chi connectivity index (χ0v) is 20.1. The third kappa shape index (κ3) is 4.20. The van der Waals surface area contributed by atoms with Crippen molar-refractivity contribution < 1.29 is 39.6 Å². The van der Waals surface area contributed by atoms with Crippen LogP contribution in [0.2, 0.25) is 0 Å². The van der Waals surface area contributed by atoms with Crippen LogP contribution < -0.4 is 15.6 Å². The van der Waals surface area contributed by atoms with Crippen molar-refractivity contribution in [2.24, 2.45) is 0 Å². The lowest BCUT2D eigenvalue weighted by atomic mass is 10.0. The highest BCUT2D eigenvalue weighted by molar-refractivity contribution is 7.92. The van der Waals surface area contributed by atoms with Crippen LogP contribution in [-0.2, 0) is 16.0 Å². The molecule has 2 aliphatic rings. The van der Waals surface area contributed by atoms with Gasteiger partial charge in [-0.15, -0.1) is 0 Å². The molecule has 1 aromatic heterocycles. The van der Waals surface area contributed by atoms with E-state index in [1.165, 1.54) is 12.1 Å². The van der Waals surface area contributed by atoms with Crippen molar-refractivity contribution in [2.45, 2.75) is 54.3 Å². The summed E-state index contributed by atoms with van der Waals surface area (Å²) in [6.07, 6.45) is -0.858. The van der Waals surface area contributed by atoms with Gasteiger partial charge in [-0.2, -0.15) is 26.3 Å². The van der Waals surface area contributed by atoms with Crippen LogP contribution in [0.25, 0.3) is 10.9 Å². The molecular weight excluding hydrogens is 540 g/mol. The average molecular weight is 559 g/mol. The Morgan fingerprint density at radius 3 is 2.18 bits per heavy atom. The van der Waals surface area contributed by atoms with Crippen molar-refractivity contribution in [1.29, 1.82) is 0 Å². The summed E-state index contributed by atoms with van der Waals surface area (Å²) in [7, 11) is -5.95. The lowest BCUT2D eigenvalue weighted by Crippen LogP contribution is -2.30. The Kier molecular flexibility index (Phi) is 6.00. The fourth-order valence-corrected chi connectivity index (χ4v) is 6.25. The summed E-state index contributed by atoms with van der Waals surface area (Å²) in [5.74, 6) is -1.38. The van der Waals surface area contributed by atoms with Crippen LogP contribution in [-0.4, -0.2) is 36.9 Å². The normalized spacial score (nSPS) is 19.8. The van der Waals surface area contributed by atoms with Crippen molar-refractivity contribution in [2.75, 3.05) is 10.2 Å². The fourth-order valence-electron chi connectivity index (χ4n) is 5.32. The first-order valence-corrected chi connectivity index (χ1v) is 12.9. The van der Waals surface area contributed by atoms with E-state index < -0.39 is 60.0 Å². The lowest BCUT2D eigenvalue weighted by Gasteiger charge is -2.26. The maximum absolute atomic E-state index is 13.6. The number of H-pyrrole nitrogens is 1. The second kappa shape index (κ2) is 8.75. The number of aromatic nitrogens is 1. The number of alkyl halides is 6. The van der Waals surface area contributed by atoms with E-state index in [9.17, 15) is 44.3 Å². The number of halogens is 6. The van der Waals surface area contributed by atoms with E-state index in [1.807, 2.05) is 10.2 Å². The van der Waals surface area contributed by atoms with Crippen molar-refractivity contribution in [3.63, 3.8) is 0 Å². The molecule has 3 heterocycles. The number of fused-ring (bicyclic) bond motifs is 3. The van der Waals surface area contributed by atoms with Gasteiger partial charge in [-0.1, -0.05) is 6.07 Å². The van der Waals surface area contributed by atoms with E-state index in [4.69, 9.17) is 0 Å². The Morgan fingerprint density at radius 2 is 1.61 bits per heavy atom. The molecule has 2 aliphatic heterocycles. The minimum Gasteiger partial charge on any atom is -0.366 e. The third-order valence-electron chi connectivity index (χ3n) is 7.02. The van der Waals surface area contributed by atoms with Gasteiger partial charge in [0.25, 0.3) is 15.7 Å². The molecule has 202 valence electrons. The molecular formula is C24H19F6N3O4S. The van der Waals surface area contributed by atoms with Crippen molar-refractivity contribution in [1.82, 2.24) is 4.98 Å². The number of anilines is 2. The maximum atomic E-state index is 13.6. The molecule has 0 saturated carbocycles. The Bertz CT molecular complexity index is 1590. The summed E-state index contributed by atoms with van der Waals surface area (Å²) in [5, 5.41) is 1.15. The maximum Gasteiger partial charge on any atom is 0.501 e. The first-order valence-electron chi connectivity index (χ1n) is 11.5. The molecule has 3 aromatic rings. The van der Waals surface area contributed by atoms with Gasteiger partial charge in [-0.3, -0.25) is 9.59 Å². The number of nitrogens with zero attached hydrogens (tertiary/aromatic N) is 1. The van der Waals surface area contributed by atoms with Crippen LogP contribution in [0.3, 0.4) is 0 Å². The monoisotopic (exact) mass is 559 g/mol. The van der Waals surface area contributed by atoms with E-state index in [-0.39, 0.29) is 23.3 Å². The standard InChI is InChI=1S/C24H19F6N3O4S/c25-23(26,27)16-2-1-3-18-20(16)21(34)15(11-31-18)22(35)32-17-9-8-14(33-12-4-5-13(33)7-6-12)10-19(17)38(36,37)24(28,29)30/h1-3,8-13H,4-7H2,(H,31,34)(H,32,35). The Balaban J connectivity index is 1.59. The molecule has 2 aromatic carbocycles. The number of carbonyl (C=O) groups excluding carboxylic acids is 1. The summed E-state index contributed by atoms with van der Waals surface area (Å²) in [6.45, 7) is 0. The number of carbonyl (C=O) groups is 1. The summed E-state index contributed by atoms with van der Waals surface area (Å²) in [6, 6.07) is 6.20. The summed E-state index contributed by atoms with van der Waals surface area (Å²) < 4.78 is 106. The quantitative estimate of drug-likeness (QED) is 0.427. The lowest BCUT2D eigenvalue weighted by molar-refractivity contribution is -0.136.